The molecule has 1 aromatic heterocycles. The van der Waals surface area contributed by atoms with Crippen molar-refractivity contribution in [1.82, 2.24) is 20.6 Å². The number of hydrogen-bond acceptors (Lipinski definition) is 5. The minimum Gasteiger partial charge on any atom is -0.409 e. The second kappa shape index (κ2) is 3.74. The molecule has 0 spiro atoms. The Kier molecular flexibility index (Phi) is 2.28. The van der Waals surface area contributed by atoms with Crippen LogP contribution in [-0.4, -0.2) is 31.7 Å². The van der Waals surface area contributed by atoms with Crippen molar-refractivity contribution >= 4 is 5.84 Å². The number of rotatable bonds is 2. The molecule has 0 fully saturated rings. The van der Waals surface area contributed by atoms with Gasteiger partial charge in [0.2, 0.25) is 5.82 Å². The molecule has 7 heteroatoms. The molecule has 2 rings (SSSR count). The summed E-state index contributed by atoms with van der Waals surface area (Å²) in [7, 11) is 0. The van der Waals surface area contributed by atoms with E-state index in [1.807, 2.05) is 0 Å². The second-order valence-electron chi connectivity index (χ2n) is 2.80. The monoisotopic (exact) mass is 204 g/mol. The predicted octanol–water partition coefficient (Wildman–Crippen LogP) is -0.0388. The van der Waals surface area contributed by atoms with Gasteiger partial charge in [0.1, 0.15) is 0 Å². The molecule has 15 heavy (non-hydrogen) atoms. The Labute approximate surface area is 84.6 Å². The molecular formula is C8H8N6O. The number of nitrogens with zero attached hydrogens (tertiary/aromatic N) is 4. The van der Waals surface area contributed by atoms with Crippen molar-refractivity contribution < 1.29 is 5.21 Å². The van der Waals surface area contributed by atoms with Crippen LogP contribution >= 0.6 is 0 Å². The van der Waals surface area contributed by atoms with Crippen LogP contribution in [0.5, 0.6) is 0 Å². The van der Waals surface area contributed by atoms with E-state index in [-0.39, 0.29) is 5.84 Å². The van der Waals surface area contributed by atoms with Gasteiger partial charge in [0.05, 0.1) is 0 Å². The minimum atomic E-state index is 0.0645. The average Bonchev–Trinajstić information content (AvgIpc) is 2.82. The Morgan fingerprint density at radius 3 is 2.60 bits per heavy atom. The molecule has 1 heterocycles. The van der Waals surface area contributed by atoms with Gasteiger partial charge in [0.15, 0.2) is 5.84 Å². The van der Waals surface area contributed by atoms with E-state index in [0.29, 0.717) is 11.4 Å². The number of benzene rings is 1. The van der Waals surface area contributed by atoms with E-state index in [1.54, 1.807) is 24.3 Å². The third kappa shape index (κ3) is 1.75. The highest BCUT2D eigenvalue weighted by atomic mass is 16.4. The van der Waals surface area contributed by atoms with Gasteiger partial charge in [0, 0.05) is 11.1 Å². The zero-order chi connectivity index (χ0) is 10.7. The van der Waals surface area contributed by atoms with Crippen LogP contribution in [0.15, 0.2) is 29.4 Å². The van der Waals surface area contributed by atoms with E-state index in [0.717, 1.165) is 5.56 Å². The van der Waals surface area contributed by atoms with E-state index in [1.165, 1.54) is 0 Å². The summed E-state index contributed by atoms with van der Waals surface area (Å²) in [6.45, 7) is 0. The first kappa shape index (κ1) is 9.13. The van der Waals surface area contributed by atoms with Crippen LogP contribution in [0, 0.1) is 0 Å². The fourth-order valence-electron chi connectivity index (χ4n) is 1.13. The molecule has 2 aromatic rings. The van der Waals surface area contributed by atoms with Gasteiger partial charge in [-0.2, -0.15) is 5.21 Å². The lowest BCUT2D eigenvalue weighted by atomic mass is 10.1. The summed E-state index contributed by atoms with van der Waals surface area (Å²) in [6.07, 6.45) is 0. The largest absolute Gasteiger partial charge is 0.409 e. The number of aromatic amines is 1. The topological polar surface area (TPSA) is 113 Å². The third-order valence-electron chi connectivity index (χ3n) is 1.89. The molecule has 0 amide bonds. The quantitative estimate of drug-likeness (QED) is 0.275. The maximum absolute atomic E-state index is 8.46. The van der Waals surface area contributed by atoms with Crippen molar-refractivity contribution in [3.05, 3.63) is 29.8 Å². The lowest BCUT2D eigenvalue weighted by molar-refractivity contribution is 0.318. The number of H-pyrrole nitrogens is 1. The van der Waals surface area contributed by atoms with Crippen LogP contribution in [0.4, 0.5) is 0 Å². The number of oxime groups is 1. The first-order valence-corrected chi connectivity index (χ1v) is 4.13. The van der Waals surface area contributed by atoms with Gasteiger partial charge < -0.3 is 10.9 Å². The number of tetrazole rings is 1. The Bertz CT molecular complexity index is 460. The zero-order valence-corrected chi connectivity index (χ0v) is 7.62. The third-order valence-corrected chi connectivity index (χ3v) is 1.89. The van der Waals surface area contributed by atoms with Gasteiger partial charge in [-0.25, -0.2) is 0 Å². The highest BCUT2D eigenvalue weighted by Gasteiger charge is 2.03. The maximum Gasteiger partial charge on any atom is 0.204 e. The van der Waals surface area contributed by atoms with Gasteiger partial charge >= 0.3 is 0 Å². The molecule has 0 radical (unpaired) electrons. The summed E-state index contributed by atoms with van der Waals surface area (Å²) in [5.41, 5.74) is 6.85. The van der Waals surface area contributed by atoms with Crippen LogP contribution in [0.1, 0.15) is 5.56 Å². The van der Waals surface area contributed by atoms with E-state index in [4.69, 9.17) is 10.9 Å². The van der Waals surface area contributed by atoms with E-state index in [9.17, 15) is 0 Å². The van der Waals surface area contributed by atoms with Crippen LogP contribution < -0.4 is 5.73 Å². The molecule has 0 atom stereocenters. The van der Waals surface area contributed by atoms with Gasteiger partial charge in [-0.05, 0) is 5.21 Å². The molecule has 4 N–H and O–H groups in total. The summed E-state index contributed by atoms with van der Waals surface area (Å²) in [5, 5.41) is 24.8. The van der Waals surface area contributed by atoms with Crippen LogP contribution in [0.3, 0.4) is 0 Å². The van der Waals surface area contributed by atoms with E-state index < -0.39 is 0 Å². The molecule has 0 aliphatic rings. The summed E-state index contributed by atoms with van der Waals surface area (Å²) < 4.78 is 0. The van der Waals surface area contributed by atoms with E-state index in [2.05, 4.69) is 25.8 Å². The predicted molar refractivity (Wildman–Crippen MR) is 52.1 cm³/mol. The number of nitrogens with one attached hydrogen (secondary N) is 1. The minimum absolute atomic E-state index is 0.0645. The molecule has 1 aromatic carbocycles. The fraction of sp³-hybridized carbons (Fsp3) is 0. The van der Waals surface area contributed by atoms with Gasteiger partial charge in [-0.1, -0.05) is 29.4 Å². The molecule has 0 bridgehead atoms. The van der Waals surface area contributed by atoms with Crippen LogP contribution in [-0.2, 0) is 0 Å². The first-order chi connectivity index (χ1) is 7.31. The first-order valence-electron chi connectivity index (χ1n) is 4.13. The maximum atomic E-state index is 8.46. The van der Waals surface area contributed by atoms with Gasteiger partial charge in [-0.15, -0.1) is 10.2 Å². The average molecular weight is 204 g/mol. The zero-order valence-electron chi connectivity index (χ0n) is 7.62. The molecule has 0 unspecified atom stereocenters. The van der Waals surface area contributed by atoms with Crippen molar-refractivity contribution in [2.45, 2.75) is 0 Å². The van der Waals surface area contributed by atoms with Crippen molar-refractivity contribution in [2.24, 2.45) is 10.9 Å². The summed E-state index contributed by atoms with van der Waals surface area (Å²) >= 11 is 0. The summed E-state index contributed by atoms with van der Waals surface area (Å²) in [6, 6.07) is 6.94. The SMILES string of the molecule is NC(=NO)c1ccc(-c2nn[nH]n2)cc1. The number of amidine groups is 1. The lowest BCUT2D eigenvalue weighted by Crippen LogP contribution is -2.12. The van der Waals surface area contributed by atoms with Crippen molar-refractivity contribution in [1.29, 1.82) is 0 Å². The fourth-order valence-corrected chi connectivity index (χ4v) is 1.13. The Balaban J connectivity index is 2.33. The molecular weight excluding hydrogens is 196 g/mol. The summed E-state index contributed by atoms with van der Waals surface area (Å²) in [4.78, 5) is 0. The Morgan fingerprint density at radius 1 is 1.33 bits per heavy atom. The molecule has 76 valence electrons. The molecule has 7 nitrogen and oxygen atoms in total. The normalized spacial score (nSPS) is 11.6. The molecule has 0 aliphatic carbocycles. The van der Waals surface area contributed by atoms with Crippen LogP contribution in [0.2, 0.25) is 0 Å². The molecule has 0 saturated carbocycles. The standard InChI is InChI=1S/C8H8N6O/c9-7(12-15)5-1-3-6(4-2-5)8-10-13-14-11-8/h1-4,15H,(H2,9,12)(H,10,11,13,14). The number of aromatic nitrogens is 4. The molecule has 0 aliphatic heterocycles. The highest BCUT2D eigenvalue weighted by molar-refractivity contribution is 5.97. The van der Waals surface area contributed by atoms with Crippen molar-refractivity contribution in [2.75, 3.05) is 0 Å². The van der Waals surface area contributed by atoms with Gasteiger partial charge in [0.25, 0.3) is 0 Å². The Morgan fingerprint density at radius 2 is 2.07 bits per heavy atom. The smallest absolute Gasteiger partial charge is 0.204 e. The van der Waals surface area contributed by atoms with Crippen molar-refractivity contribution in [3.63, 3.8) is 0 Å². The summed E-state index contributed by atoms with van der Waals surface area (Å²) in [5.74, 6) is 0.565. The lowest BCUT2D eigenvalue weighted by Gasteiger charge is -1.98. The van der Waals surface area contributed by atoms with Crippen LogP contribution in [0.25, 0.3) is 11.4 Å². The number of hydrogen-bond donors (Lipinski definition) is 3. The van der Waals surface area contributed by atoms with Crippen molar-refractivity contribution in [3.8, 4) is 11.4 Å². The van der Waals surface area contributed by atoms with Gasteiger partial charge in [-0.3, -0.25) is 0 Å². The second-order valence-corrected chi connectivity index (χ2v) is 2.80. The highest BCUT2D eigenvalue weighted by Crippen LogP contribution is 2.13. The molecule has 0 saturated heterocycles. The number of nitrogens with two attached hydrogens (primary N) is 1. The Hall–Kier alpha value is -2.44. The van der Waals surface area contributed by atoms with E-state index >= 15 is 0 Å².